The molecule has 0 aromatic carbocycles. The average Bonchev–Trinajstić information content (AvgIpc) is 2.62. The smallest absolute Gasteiger partial charge is 0.139 e. The molecule has 1 nitrogen and oxygen atoms in total. The fraction of sp³-hybridized carbons (Fsp3) is 0.957. The molecule has 0 spiro atoms. The van der Waals surface area contributed by atoms with Crippen LogP contribution in [0, 0.1) is 46.3 Å². The molecule has 0 aliphatic heterocycles. The van der Waals surface area contributed by atoms with Crippen LogP contribution in [0.25, 0.3) is 0 Å². The van der Waals surface area contributed by atoms with E-state index in [9.17, 15) is 4.79 Å². The van der Waals surface area contributed by atoms with Crippen molar-refractivity contribution in [3.63, 3.8) is 0 Å². The van der Waals surface area contributed by atoms with Gasteiger partial charge in [0.05, 0.1) is 0 Å². The summed E-state index contributed by atoms with van der Waals surface area (Å²) in [6, 6.07) is 0. The first-order chi connectivity index (χ1) is 11.4. The molecule has 6 rings (SSSR count). The van der Waals surface area contributed by atoms with Crippen molar-refractivity contribution in [2.45, 2.75) is 91.9 Å². The molecular weight excluding hydrogens is 292 g/mol. The molecule has 1 heteroatoms. The van der Waals surface area contributed by atoms with Crippen LogP contribution >= 0.6 is 0 Å². The largest absolute Gasteiger partial charge is 0.299 e. The van der Waals surface area contributed by atoms with Crippen LogP contribution in [-0.2, 0) is 4.79 Å². The molecular formula is C23H38O. The second kappa shape index (κ2) is 5.85. The van der Waals surface area contributed by atoms with Gasteiger partial charge in [-0.15, -0.1) is 0 Å². The van der Waals surface area contributed by atoms with Gasteiger partial charge in [-0.1, -0.05) is 27.7 Å². The Morgan fingerprint density at radius 1 is 0.792 bits per heavy atom. The number of rotatable bonds is 4. The van der Waals surface area contributed by atoms with Crippen molar-refractivity contribution in [1.82, 2.24) is 0 Å². The van der Waals surface area contributed by atoms with E-state index in [4.69, 9.17) is 0 Å². The van der Waals surface area contributed by atoms with Gasteiger partial charge in [-0.3, -0.25) is 4.79 Å². The lowest BCUT2D eigenvalue weighted by Gasteiger charge is -2.56. The van der Waals surface area contributed by atoms with Gasteiger partial charge in [0.25, 0.3) is 0 Å². The van der Waals surface area contributed by atoms with Crippen LogP contribution in [0.3, 0.4) is 0 Å². The highest BCUT2D eigenvalue weighted by Gasteiger charge is 2.54. The third kappa shape index (κ3) is 2.28. The first kappa shape index (κ1) is 17.1. The molecule has 0 amide bonds. The molecule has 4 unspecified atom stereocenters. The number of hydrogen-bond donors (Lipinski definition) is 0. The minimum atomic E-state index is -0.00551. The summed E-state index contributed by atoms with van der Waals surface area (Å²) < 4.78 is 0. The monoisotopic (exact) mass is 330 g/mol. The van der Waals surface area contributed by atoms with Gasteiger partial charge in [0.2, 0.25) is 0 Å². The summed E-state index contributed by atoms with van der Waals surface area (Å²) in [5.41, 5.74) is 0.429. The van der Waals surface area contributed by atoms with Crippen LogP contribution in [0.2, 0.25) is 0 Å². The first-order valence-electron chi connectivity index (χ1n) is 10.9. The fourth-order valence-electron chi connectivity index (χ4n) is 7.83. The number of fused-ring (bicyclic) bond motifs is 6. The van der Waals surface area contributed by atoms with E-state index in [1.54, 1.807) is 0 Å². The Labute approximate surface area is 149 Å². The summed E-state index contributed by atoms with van der Waals surface area (Å²) in [6.07, 6.45) is 13.2. The van der Waals surface area contributed by atoms with Crippen LogP contribution in [0.1, 0.15) is 91.9 Å². The normalized spacial score (nSPS) is 53.3. The number of Topliss-reactive ketones (excluding diaryl/α,β-unsaturated/α-hetero) is 1. The Morgan fingerprint density at radius 3 is 1.79 bits per heavy atom. The highest BCUT2D eigenvalue weighted by atomic mass is 16.1. The molecule has 0 aromatic heterocycles. The summed E-state index contributed by atoms with van der Waals surface area (Å²) in [5.74, 6) is 5.39. The molecule has 24 heavy (non-hydrogen) atoms. The summed E-state index contributed by atoms with van der Waals surface area (Å²) in [5, 5.41) is 0. The van der Waals surface area contributed by atoms with E-state index in [2.05, 4.69) is 27.7 Å². The third-order valence-electron chi connectivity index (χ3n) is 10.2. The highest BCUT2D eigenvalue weighted by molar-refractivity contribution is 5.85. The Bertz CT molecular complexity index is 486. The lowest BCUT2D eigenvalue weighted by molar-refractivity contribution is -0.147. The van der Waals surface area contributed by atoms with Gasteiger partial charge in [-0.2, -0.15) is 0 Å². The fourth-order valence-corrected chi connectivity index (χ4v) is 7.83. The first-order valence-corrected chi connectivity index (χ1v) is 10.9. The number of carbonyl (C=O) groups is 1. The Hall–Kier alpha value is -0.330. The van der Waals surface area contributed by atoms with E-state index in [1.165, 1.54) is 51.4 Å². The second-order valence-corrected chi connectivity index (χ2v) is 10.5. The molecule has 6 aliphatic carbocycles. The van der Waals surface area contributed by atoms with Gasteiger partial charge < -0.3 is 0 Å². The average molecular weight is 331 g/mol. The maximum atomic E-state index is 13.4. The molecule has 136 valence electrons. The molecule has 0 heterocycles. The van der Waals surface area contributed by atoms with Gasteiger partial charge in [0.15, 0.2) is 0 Å². The summed E-state index contributed by atoms with van der Waals surface area (Å²) in [7, 11) is 0. The molecule has 6 fully saturated rings. The molecule has 6 saturated carbocycles. The van der Waals surface area contributed by atoms with Crippen molar-refractivity contribution in [3.8, 4) is 0 Å². The SMILES string of the molecule is CC1C2CCC(CC2)C1(C)CCC(=O)C1(C)C2CCC(CC2)C1C. The van der Waals surface area contributed by atoms with Crippen molar-refractivity contribution in [2.24, 2.45) is 46.3 Å². The molecule has 0 aromatic rings. The highest BCUT2D eigenvalue weighted by Crippen LogP contribution is 2.60. The van der Waals surface area contributed by atoms with Gasteiger partial charge in [0.1, 0.15) is 5.78 Å². The van der Waals surface area contributed by atoms with Crippen molar-refractivity contribution < 1.29 is 4.79 Å². The molecule has 0 radical (unpaired) electrons. The van der Waals surface area contributed by atoms with E-state index in [-0.39, 0.29) is 5.41 Å². The van der Waals surface area contributed by atoms with Crippen LogP contribution in [0.5, 0.6) is 0 Å². The Kier molecular flexibility index (Phi) is 4.17. The lowest BCUT2D eigenvalue weighted by atomic mass is 9.48. The molecule has 4 bridgehead atoms. The molecule has 4 atom stereocenters. The predicted molar refractivity (Wildman–Crippen MR) is 99.7 cm³/mol. The van der Waals surface area contributed by atoms with Gasteiger partial charge >= 0.3 is 0 Å². The summed E-state index contributed by atoms with van der Waals surface area (Å²) >= 11 is 0. The van der Waals surface area contributed by atoms with Crippen LogP contribution in [0.15, 0.2) is 0 Å². The lowest BCUT2D eigenvalue weighted by Crippen LogP contribution is -2.52. The number of carbonyl (C=O) groups excluding carboxylic acids is 1. The topological polar surface area (TPSA) is 17.1 Å². The standard InChI is InChI=1S/C23H38O/c1-15-17-5-9-19(10-6-17)22(15,3)14-13-21(24)23(4)16(2)18-7-11-20(23)12-8-18/h15-20H,5-14H2,1-4H3. The van der Waals surface area contributed by atoms with E-state index in [0.29, 0.717) is 23.0 Å². The maximum Gasteiger partial charge on any atom is 0.139 e. The van der Waals surface area contributed by atoms with Gasteiger partial charge in [0, 0.05) is 11.8 Å². The van der Waals surface area contributed by atoms with Crippen LogP contribution in [0.4, 0.5) is 0 Å². The number of ketones is 1. The van der Waals surface area contributed by atoms with Crippen molar-refractivity contribution in [1.29, 1.82) is 0 Å². The zero-order valence-electron chi connectivity index (χ0n) is 16.4. The zero-order chi connectivity index (χ0) is 17.1. The third-order valence-corrected chi connectivity index (χ3v) is 10.2. The Morgan fingerprint density at radius 2 is 1.29 bits per heavy atom. The van der Waals surface area contributed by atoms with Crippen molar-refractivity contribution >= 4 is 5.78 Å². The maximum absolute atomic E-state index is 13.4. The van der Waals surface area contributed by atoms with E-state index < -0.39 is 0 Å². The molecule has 6 aliphatic rings. The number of hydrogen-bond acceptors (Lipinski definition) is 1. The zero-order valence-corrected chi connectivity index (χ0v) is 16.4. The predicted octanol–water partition coefficient (Wildman–Crippen LogP) is 6.26. The molecule has 0 N–H and O–H groups in total. The molecule has 0 saturated heterocycles. The van der Waals surface area contributed by atoms with E-state index >= 15 is 0 Å². The van der Waals surface area contributed by atoms with Crippen LogP contribution < -0.4 is 0 Å². The van der Waals surface area contributed by atoms with Crippen LogP contribution in [-0.4, -0.2) is 5.78 Å². The van der Waals surface area contributed by atoms with E-state index in [1.807, 2.05) is 0 Å². The van der Waals surface area contributed by atoms with Crippen molar-refractivity contribution in [3.05, 3.63) is 0 Å². The van der Waals surface area contributed by atoms with Gasteiger partial charge in [-0.25, -0.2) is 0 Å². The van der Waals surface area contributed by atoms with Crippen molar-refractivity contribution in [2.75, 3.05) is 0 Å². The second-order valence-electron chi connectivity index (χ2n) is 10.5. The Balaban J connectivity index is 1.47. The van der Waals surface area contributed by atoms with Gasteiger partial charge in [-0.05, 0) is 98.7 Å². The minimum absolute atomic E-state index is 0.00551. The summed E-state index contributed by atoms with van der Waals surface area (Å²) in [6.45, 7) is 9.75. The minimum Gasteiger partial charge on any atom is -0.299 e. The quantitative estimate of drug-likeness (QED) is 0.594. The summed E-state index contributed by atoms with van der Waals surface area (Å²) in [4.78, 5) is 13.4. The van der Waals surface area contributed by atoms with E-state index in [0.717, 1.165) is 36.5 Å².